The first-order chi connectivity index (χ1) is 14.5. The van der Waals surface area contributed by atoms with Crippen molar-refractivity contribution in [3.63, 3.8) is 0 Å². The van der Waals surface area contributed by atoms with Crippen LogP contribution < -0.4 is 15.5 Å². The van der Waals surface area contributed by atoms with Gasteiger partial charge >= 0.3 is 11.8 Å². The molecule has 2 amide bonds. The highest BCUT2D eigenvalue weighted by Gasteiger charge is 2.13. The second-order valence-electron chi connectivity index (χ2n) is 6.61. The number of aryl methyl sites for hydroxylation is 1. The fourth-order valence-electron chi connectivity index (χ4n) is 3.09. The molecule has 0 saturated carbocycles. The minimum atomic E-state index is -0.838. The van der Waals surface area contributed by atoms with Crippen molar-refractivity contribution in [2.75, 3.05) is 11.9 Å². The number of carbonyl (C=O) groups excluding carboxylic acids is 2. The van der Waals surface area contributed by atoms with Crippen LogP contribution in [0.5, 0.6) is 5.75 Å². The monoisotopic (exact) mass is 404 g/mol. The van der Waals surface area contributed by atoms with E-state index in [1.165, 1.54) is 6.21 Å². The van der Waals surface area contributed by atoms with E-state index in [0.29, 0.717) is 12.3 Å². The number of hydrogen-bond acceptors (Lipinski definition) is 4. The van der Waals surface area contributed by atoms with Crippen LogP contribution in [0.1, 0.15) is 23.9 Å². The van der Waals surface area contributed by atoms with E-state index in [1.54, 1.807) is 24.3 Å². The molecular weight excluding hydrogens is 380 g/mol. The van der Waals surface area contributed by atoms with E-state index in [9.17, 15) is 9.59 Å². The highest BCUT2D eigenvalue weighted by Crippen LogP contribution is 2.22. The first-order valence-corrected chi connectivity index (χ1v) is 9.61. The van der Waals surface area contributed by atoms with Gasteiger partial charge in [-0.15, -0.1) is 0 Å². The molecule has 1 aromatic heterocycles. The number of nitrogens with zero attached hydrogens (tertiary/aromatic N) is 2. The van der Waals surface area contributed by atoms with Crippen molar-refractivity contribution in [2.24, 2.45) is 5.10 Å². The van der Waals surface area contributed by atoms with Crippen LogP contribution in [0.2, 0.25) is 0 Å². The Bertz CT molecular complexity index is 1050. The molecule has 2 N–H and O–H groups in total. The van der Waals surface area contributed by atoms with Gasteiger partial charge in [0.2, 0.25) is 0 Å². The molecule has 0 aliphatic carbocycles. The Labute approximate surface area is 175 Å². The molecule has 0 fully saturated rings. The SMILES string of the molecule is CCOc1ccc(-n2c(C)cc(/C=N\NC(=O)C(=O)Nc3ccccc3)c2C)cc1. The molecule has 30 heavy (non-hydrogen) atoms. The fourth-order valence-corrected chi connectivity index (χ4v) is 3.09. The molecule has 0 unspecified atom stereocenters. The summed E-state index contributed by atoms with van der Waals surface area (Å²) in [5.41, 5.74) is 6.62. The van der Waals surface area contributed by atoms with Gasteiger partial charge in [-0.05, 0) is 63.2 Å². The number of rotatable bonds is 6. The van der Waals surface area contributed by atoms with Gasteiger partial charge in [0.05, 0.1) is 12.8 Å². The lowest BCUT2D eigenvalue weighted by atomic mass is 10.2. The quantitative estimate of drug-likeness (QED) is 0.374. The number of amides is 2. The zero-order valence-electron chi connectivity index (χ0n) is 17.2. The number of benzene rings is 2. The normalized spacial score (nSPS) is 10.8. The van der Waals surface area contributed by atoms with Crippen molar-refractivity contribution >= 4 is 23.7 Å². The third-order valence-corrected chi connectivity index (χ3v) is 4.48. The van der Waals surface area contributed by atoms with Crippen molar-refractivity contribution in [1.29, 1.82) is 0 Å². The highest BCUT2D eigenvalue weighted by molar-refractivity contribution is 6.39. The second kappa shape index (κ2) is 9.56. The van der Waals surface area contributed by atoms with E-state index < -0.39 is 11.8 Å². The van der Waals surface area contributed by atoms with Gasteiger partial charge in [-0.3, -0.25) is 9.59 Å². The van der Waals surface area contributed by atoms with E-state index in [0.717, 1.165) is 28.4 Å². The molecule has 0 atom stereocenters. The van der Waals surface area contributed by atoms with Crippen LogP contribution in [-0.2, 0) is 9.59 Å². The molecule has 0 bridgehead atoms. The third kappa shape index (κ3) is 4.94. The smallest absolute Gasteiger partial charge is 0.329 e. The molecule has 0 spiro atoms. The topological polar surface area (TPSA) is 84.7 Å². The Morgan fingerprint density at radius 2 is 1.73 bits per heavy atom. The number of hydrazone groups is 1. The molecule has 0 aliphatic rings. The van der Waals surface area contributed by atoms with Crippen LogP contribution in [0.15, 0.2) is 65.8 Å². The van der Waals surface area contributed by atoms with Crippen LogP contribution in [0.25, 0.3) is 5.69 Å². The lowest BCUT2D eigenvalue weighted by molar-refractivity contribution is -0.136. The summed E-state index contributed by atoms with van der Waals surface area (Å²) in [5.74, 6) is -0.796. The molecule has 1 heterocycles. The zero-order valence-corrected chi connectivity index (χ0v) is 17.2. The minimum absolute atomic E-state index is 0.542. The van der Waals surface area contributed by atoms with E-state index in [-0.39, 0.29) is 0 Å². The van der Waals surface area contributed by atoms with E-state index in [2.05, 4.69) is 20.4 Å². The van der Waals surface area contributed by atoms with Gasteiger partial charge in [0.1, 0.15) is 5.75 Å². The van der Waals surface area contributed by atoms with Crippen molar-refractivity contribution in [3.8, 4) is 11.4 Å². The van der Waals surface area contributed by atoms with Gasteiger partial charge in [0.25, 0.3) is 0 Å². The lowest BCUT2D eigenvalue weighted by Gasteiger charge is -2.10. The summed E-state index contributed by atoms with van der Waals surface area (Å²) in [6, 6.07) is 18.6. The molecule has 7 heteroatoms. The van der Waals surface area contributed by atoms with Crippen molar-refractivity contribution in [3.05, 3.63) is 77.6 Å². The maximum absolute atomic E-state index is 11.9. The van der Waals surface area contributed by atoms with Crippen LogP contribution in [0.4, 0.5) is 5.69 Å². The summed E-state index contributed by atoms with van der Waals surface area (Å²) < 4.78 is 7.58. The van der Waals surface area contributed by atoms with Crippen LogP contribution >= 0.6 is 0 Å². The highest BCUT2D eigenvalue weighted by atomic mass is 16.5. The summed E-state index contributed by atoms with van der Waals surface area (Å²) in [7, 11) is 0. The molecular formula is C23H24N4O3. The second-order valence-corrected chi connectivity index (χ2v) is 6.61. The molecule has 154 valence electrons. The molecule has 7 nitrogen and oxygen atoms in total. The van der Waals surface area contributed by atoms with Crippen LogP contribution in [-0.4, -0.2) is 29.2 Å². The summed E-state index contributed by atoms with van der Waals surface area (Å²) in [5, 5.41) is 6.44. The van der Waals surface area contributed by atoms with Gasteiger partial charge in [-0.25, -0.2) is 5.43 Å². The Morgan fingerprint density at radius 1 is 1.03 bits per heavy atom. The zero-order chi connectivity index (χ0) is 21.5. The number of ether oxygens (including phenoxy) is 1. The fraction of sp³-hybridized carbons (Fsp3) is 0.174. The number of carbonyl (C=O) groups is 2. The summed E-state index contributed by atoms with van der Waals surface area (Å²) in [6.07, 6.45) is 1.53. The third-order valence-electron chi connectivity index (χ3n) is 4.48. The predicted molar refractivity (Wildman–Crippen MR) is 117 cm³/mol. The number of para-hydroxylation sites is 1. The van der Waals surface area contributed by atoms with Crippen LogP contribution in [0.3, 0.4) is 0 Å². The van der Waals surface area contributed by atoms with Gasteiger partial charge in [0, 0.05) is 28.3 Å². The maximum Gasteiger partial charge on any atom is 0.329 e. The number of aromatic nitrogens is 1. The Kier molecular flexibility index (Phi) is 6.64. The molecule has 0 saturated heterocycles. The van der Waals surface area contributed by atoms with Crippen molar-refractivity contribution in [1.82, 2.24) is 9.99 Å². The standard InChI is InChI=1S/C23H24N4O3/c1-4-30-21-12-10-20(11-13-21)27-16(2)14-18(17(27)3)15-24-26-23(29)22(28)25-19-8-6-5-7-9-19/h5-15H,4H2,1-3H3,(H,25,28)(H,26,29)/b24-15-. The number of nitrogens with one attached hydrogen (secondary N) is 2. The van der Waals surface area contributed by atoms with Gasteiger partial charge < -0.3 is 14.6 Å². The summed E-state index contributed by atoms with van der Waals surface area (Å²) >= 11 is 0. The average Bonchev–Trinajstić information content (AvgIpc) is 3.03. The van der Waals surface area contributed by atoms with E-state index in [1.807, 2.05) is 57.2 Å². The maximum atomic E-state index is 11.9. The molecule has 3 rings (SSSR count). The van der Waals surface area contributed by atoms with Crippen molar-refractivity contribution < 1.29 is 14.3 Å². The molecule has 2 aromatic carbocycles. The molecule has 3 aromatic rings. The largest absolute Gasteiger partial charge is 0.494 e. The first kappa shape index (κ1) is 20.9. The first-order valence-electron chi connectivity index (χ1n) is 9.61. The van der Waals surface area contributed by atoms with Gasteiger partial charge in [0.15, 0.2) is 0 Å². The summed E-state index contributed by atoms with van der Waals surface area (Å²) in [4.78, 5) is 23.9. The average molecular weight is 404 g/mol. The summed E-state index contributed by atoms with van der Waals surface area (Å²) in [6.45, 7) is 6.53. The Balaban J connectivity index is 1.67. The number of anilines is 1. The minimum Gasteiger partial charge on any atom is -0.494 e. The Morgan fingerprint density at radius 3 is 2.40 bits per heavy atom. The van der Waals surface area contributed by atoms with Gasteiger partial charge in [-0.2, -0.15) is 5.10 Å². The van der Waals surface area contributed by atoms with Gasteiger partial charge in [-0.1, -0.05) is 18.2 Å². The van der Waals surface area contributed by atoms with E-state index in [4.69, 9.17) is 4.74 Å². The number of hydrogen-bond donors (Lipinski definition) is 2. The van der Waals surface area contributed by atoms with Crippen LogP contribution in [0, 0.1) is 13.8 Å². The van der Waals surface area contributed by atoms with Crippen molar-refractivity contribution in [2.45, 2.75) is 20.8 Å². The van der Waals surface area contributed by atoms with E-state index >= 15 is 0 Å². The predicted octanol–water partition coefficient (Wildman–Crippen LogP) is 3.58. The molecule has 0 aliphatic heterocycles. The molecule has 0 radical (unpaired) electrons. The Hall–Kier alpha value is -3.87. The lowest BCUT2D eigenvalue weighted by Crippen LogP contribution is -2.32.